The second kappa shape index (κ2) is 13.0. The van der Waals surface area contributed by atoms with Crippen molar-refractivity contribution in [1.29, 1.82) is 0 Å². The van der Waals surface area contributed by atoms with Gasteiger partial charge in [0.2, 0.25) is 17.7 Å². The van der Waals surface area contributed by atoms with Crippen molar-refractivity contribution in [2.75, 3.05) is 6.54 Å². The number of nitrogens with one attached hydrogen (secondary N) is 2. The van der Waals surface area contributed by atoms with Crippen molar-refractivity contribution in [2.24, 2.45) is 5.92 Å². The molecule has 2 aromatic rings. The standard InChI is InChI=1S/C33H41F2N5O7/c1-31(2,3)47-30(45)38-23-15-9-7-5-6-8-12-19-17-33(19,29(43)44)39-26(41)24-16-20(18-40(24)28(23)42)46-27-25(32(4,34)35)36-21-13-10-11-14-22(21)37-27/h8,10-14,19-20,23-24H,5-7,9,15-18H2,1-4H3,(H,38,45)(H,39,41)(H,43,44)/t19-,20-,23+,24+,33-/m1/s1. The third-order valence-corrected chi connectivity index (χ3v) is 8.54. The van der Waals surface area contributed by atoms with Gasteiger partial charge in [0.25, 0.3) is 5.92 Å². The number of nitrogens with zero attached hydrogens (tertiary/aromatic N) is 3. The van der Waals surface area contributed by atoms with Gasteiger partial charge in [-0.05, 0) is 58.6 Å². The Kier molecular flexibility index (Phi) is 9.43. The molecule has 1 saturated heterocycles. The Bertz CT molecular complexity index is 1570. The Morgan fingerprint density at radius 3 is 2.45 bits per heavy atom. The van der Waals surface area contributed by atoms with E-state index in [9.17, 15) is 33.1 Å². The first-order chi connectivity index (χ1) is 22.1. The smallest absolute Gasteiger partial charge is 0.408 e. The molecule has 254 valence electrons. The number of alkyl halides is 2. The van der Waals surface area contributed by atoms with E-state index in [1.54, 1.807) is 51.1 Å². The molecule has 14 heteroatoms. The summed E-state index contributed by atoms with van der Waals surface area (Å²) in [7, 11) is 0. The van der Waals surface area contributed by atoms with E-state index < -0.39 is 76.6 Å². The van der Waals surface area contributed by atoms with E-state index in [1.807, 2.05) is 6.08 Å². The lowest BCUT2D eigenvalue weighted by Gasteiger charge is -2.30. The first-order valence-corrected chi connectivity index (χ1v) is 15.9. The molecule has 1 aliphatic carbocycles. The number of hydrogen-bond acceptors (Lipinski definition) is 8. The van der Waals surface area contributed by atoms with Crippen molar-refractivity contribution in [3.05, 3.63) is 42.1 Å². The fourth-order valence-corrected chi connectivity index (χ4v) is 6.11. The number of fused-ring (bicyclic) bond motifs is 3. The number of carbonyl (C=O) groups is 4. The number of carbonyl (C=O) groups excluding carboxylic acids is 3. The minimum atomic E-state index is -3.42. The maximum absolute atomic E-state index is 14.7. The highest BCUT2D eigenvalue weighted by Gasteiger charge is 2.61. The predicted molar refractivity (Wildman–Crippen MR) is 166 cm³/mol. The number of para-hydroxylation sites is 2. The Morgan fingerprint density at radius 2 is 1.79 bits per heavy atom. The van der Waals surface area contributed by atoms with Gasteiger partial charge in [0.05, 0.1) is 17.6 Å². The number of amides is 3. The molecule has 2 fully saturated rings. The Balaban J connectivity index is 1.48. The van der Waals surface area contributed by atoms with Gasteiger partial charge in [0.15, 0.2) is 5.69 Å². The van der Waals surface area contributed by atoms with Crippen molar-refractivity contribution in [2.45, 2.75) is 108 Å². The van der Waals surface area contributed by atoms with Crippen LogP contribution < -0.4 is 15.4 Å². The number of benzene rings is 1. The topological polar surface area (TPSA) is 160 Å². The number of halogens is 2. The molecule has 3 heterocycles. The third-order valence-electron chi connectivity index (χ3n) is 8.54. The third kappa shape index (κ3) is 7.79. The van der Waals surface area contributed by atoms with Gasteiger partial charge in [0, 0.05) is 19.3 Å². The van der Waals surface area contributed by atoms with E-state index in [0.717, 1.165) is 12.8 Å². The van der Waals surface area contributed by atoms with Crippen molar-refractivity contribution >= 4 is 34.9 Å². The Morgan fingerprint density at radius 1 is 1.09 bits per heavy atom. The lowest BCUT2D eigenvalue weighted by molar-refractivity contribution is -0.145. The van der Waals surface area contributed by atoms with Crippen molar-refractivity contribution in [3.8, 4) is 5.88 Å². The van der Waals surface area contributed by atoms with Gasteiger partial charge in [-0.25, -0.2) is 19.6 Å². The van der Waals surface area contributed by atoms with E-state index in [0.29, 0.717) is 25.3 Å². The van der Waals surface area contributed by atoms with Crippen LogP contribution in [-0.4, -0.2) is 79.7 Å². The summed E-state index contributed by atoms with van der Waals surface area (Å²) in [5, 5.41) is 15.4. The van der Waals surface area contributed by atoms with Crippen LogP contribution in [0.25, 0.3) is 11.0 Å². The van der Waals surface area contributed by atoms with Crippen LogP contribution in [0.15, 0.2) is 36.4 Å². The number of carboxylic acids is 1. The molecule has 0 bridgehead atoms. The van der Waals surface area contributed by atoms with Gasteiger partial charge in [-0.1, -0.05) is 37.1 Å². The number of hydrogen-bond donors (Lipinski definition) is 3. The van der Waals surface area contributed by atoms with E-state index in [-0.39, 0.29) is 31.3 Å². The summed E-state index contributed by atoms with van der Waals surface area (Å²) in [5.74, 6) is -6.80. The van der Waals surface area contributed by atoms with Crippen LogP contribution in [0.4, 0.5) is 13.6 Å². The number of aliphatic carboxylic acids is 1. The summed E-state index contributed by atoms with van der Waals surface area (Å²) >= 11 is 0. The van der Waals surface area contributed by atoms with Gasteiger partial charge in [-0.3, -0.25) is 9.59 Å². The number of aromatic nitrogens is 2. The second-order valence-corrected chi connectivity index (χ2v) is 13.6. The predicted octanol–water partition coefficient (Wildman–Crippen LogP) is 4.46. The number of allylic oxidation sites excluding steroid dienone is 1. The number of ether oxygens (including phenoxy) is 2. The zero-order valence-electron chi connectivity index (χ0n) is 26.9. The first kappa shape index (κ1) is 34.0. The quantitative estimate of drug-likeness (QED) is 0.395. The molecule has 1 aromatic carbocycles. The normalized spacial score (nSPS) is 27.1. The molecule has 12 nitrogen and oxygen atoms in total. The zero-order valence-corrected chi connectivity index (χ0v) is 26.9. The van der Waals surface area contributed by atoms with Gasteiger partial charge in [0.1, 0.15) is 29.3 Å². The van der Waals surface area contributed by atoms with E-state index >= 15 is 0 Å². The highest BCUT2D eigenvalue weighted by Crippen LogP contribution is 2.45. The molecule has 2 aliphatic heterocycles. The summed E-state index contributed by atoms with van der Waals surface area (Å²) in [4.78, 5) is 62.7. The van der Waals surface area contributed by atoms with Crippen LogP contribution in [0.2, 0.25) is 0 Å². The van der Waals surface area contributed by atoms with Crippen LogP contribution in [-0.2, 0) is 25.0 Å². The zero-order chi connectivity index (χ0) is 34.1. The molecule has 1 aromatic heterocycles. The summed E-state index contributed by atoms with van der Waals surface area (Å²) < 4.78 is 40.9. The molecule has 3 N–H and O–H groups in total. The van der Waals surface area contributed by atoms with Gasteiger partial charge < -0.3 is 30.1 Å². The molecule has 3 aliphatic rings. The molecule has 0 unspecified atom stereocenters. The SMILES string of the molecule is CC(C)(C)OC(=O)N[C@H]1CCCCCC=C[C@@H]2C[C@@]2(C(=O)O)NC(=O)[C@@H]2C[C@@H](Oc3nc4ccccc4nc3C(C)(F)F)CN2C1=O. The van der Waals surface area contributed by atoms with Crippen molar-refractivity contribution < 1.29 is 42.5 Å². The molecular weight excluding hydrogens is 616 g/mol. The van der Waals surface area contributed by atoms with Crippen LogP contribution in [0, 0.1) is 5.92 Å². The van der Waals surface area contributed by atoms with Crippen molar-refractivity contribution in [1.82, 2.24) is 25.5 Å². The number of rotatable bonds is 5. The van der Waals surface area contributed by atoms with Crippen LogP contribution in [0.3, 0.4) is 0 Å². The average Bonchev–Trinajstić information content (AvgIpc) is 3.51. The maximum atomic E-state index is 14.7. The average molecular weight is 658 g/mol. The number of alkyl carbamates (subject to hydrolysis) is 1. The molecular formula is C33H41F2N5O7. The van der Waals surface area contributed by atoms with Gasteiger partial charge in [-0.2, -0.15) is 8.78 Å². The molecule has 3 amide bonds. The van der Waals surface area contributed by atoms with Crippen LogP contribution in [0.1, 0.15) is 78.3 Å². The highest BCUT2D eigenvalue weighted by atomic mass is 19.3. The highest BCUT2D eigenvalue weighted by molar-refractivity contribution is 5.96. The minimum Gasteiger partial charge on any atom is -0.479 e. The molecule has 1 saturated carbocycles. The lowest BCUT2D eigenvalue weighted by Crippen LogP contribution is -2.56. The fraction of sp³-hybridized carbons (Fsp3) is 0.576. The monoisotopic (exact) mass is 657 g/mol. The van der Waals surface area contributed by atoms with E-state index in [1.165, 1.54) is 4.90 Å². The summed E-state index contributed by atoms with van der Waals surface area (Å²) in [5.41, 5.74) is -2.50. The maximum Gasteiger partial charge on any atom is 0.408 e. The molecule has 47 heavy (non-hydrogen) atoms. The second-order valence-electron chi connectivity index (χ2n) is 13.6. The van der Waals surface area contributed by atoms with Gasteiger partial charge in [-0.15, -0.1) is 0 Å². The van der Waals surface area contributed by atoms with Crippen LogP contribution in [0.5, 0.6) is 5.88 Å². The largest absolute Gasteiger partial charge is 0.479 e. The summed E-state index contributed by atoms with van der Waals surface area (Å²) in [6.45, 7) is 5.53. The Labute approximate surface area is 271 Å². The number of carboxylic acid groups (broad SMARTS) is 1. The summed E-state index contributed by atoms with van der Waals surface area (Å²) in [6.07, 6.45) is 5.00. The van der Waals surface area contributed by atoms with E-state index in [4.69, 9.17) is 9.47 Å². The molecule has 0 spiro atoms. The minimum absolute atomic E-state index is 0.143. The lowest BCUT2D eigenvalue weighted by atomic mass is 10.0. The van der Waals surface area contributed by atoms with Crippen LogP contribution >= 0.6 is 0 Å². The summed E-state index contributed by atoms with van der Waals surface area (Å²) in [6, 6.07) is 4.18. The fourth-order valence-electron chi connectivity index (χ4n) is 6.11. The first-order valence-electron chi connectivity index (χ1n) is 15.9. The molecule has 0 radical (unpaired) electrons. The Hall–Kier alpha value is -4.36. The van der Waals surface area contributed by atoms with Crippen molar-refractivity contribution in [3.63, 3.8) is 0 Å². The van der Waals surface area contributed by atoms with Gasteiger partial charge >= 0.3 is 12.1 Å². The molecule has 5 atom stereocenters. The van der Waals surface area contributed by atoms with E-state index in [2.05, 4.69) is 20.6 Å². The molecule has 5 rings (SSSR count).